The summed E-state index contributed by atoms with van der Waals surface area (Å²) in [5, 5.41) is 6.87. The van der Waals surface area contributed by atoms with Gasteiger partial charge in [0.05, 0.1) is 18.1 Å². The van der Waals surface area contributed by atoms with Crippen molar-refractivity contribution in [1.82, 2.24) is 14.6 Å². The van der Waals surface area contributed by atoms with Gasteiger partial charge in [0.2, 0.25) is 5.91 Å². The molecule has 0 spiro atoms. The molecule has 21 heavy (non-hydrogen) atoms. The van der Waals surface area contributed by atoms with Gasteiger partial charge in [0, 0.05) is 24.6 Å². The number of nitrogens with zero attached hydrogens (tertiary/aromatic N) is 3. The number of amides is 1. The third kappa shape index (κ3) is 3.95. The van der Waals surface area contributed by atoms with Crippen LogP contribution in [0.4, 0.5) is 5.82 Å². The standard InChI is InChI=1S/C14H18N4O2S/c19-14(10-21-9-11-3-1-2-8-20-11)17-12-5-7-18-13(16-12)4-6-15-18/h4-7,11H,1-3,8-10H2,(H,16,17,19). The Bertz CT molecular complexity index is 610. The quantitative estimate of drug-likeness (QED) is 0.914. The van der Waals surface area contributed by atoms with E-state index in [1.165, 1.54) is 6.42 Å². The molecule has 112 valence electrons. The van der Waals surface area contributed by atoms with Gasteiger partial charge < -0.3 is 10.1 Å². The number of ether oxygens (including phenoxy) is 1. The van der Waals surface area contributed by atoms with Crippen molar-refractivity contribution in [3.05, 3.63) is 24.5 Å². The molecule has 1 aliphatic heterocycles. The van der Waals surface area contributed by atoms with Crippen LogP contribution in [0.1, 0.15) is 19.3 Å². The zero-order valence-corrected chi connectivity index (χ0v) is 12.5. The molecule has 1 atom stereocenters. The molecule has 6 nitrogen and oxygen atoms in total. The molecule has 1 fully saturated rings. The fourth-order valence-corrected chi connectivity index (χ4v) is 3.18. The van der Waals surface area contributed by atoms with Crippen molar-refractivity contribution in [3.63, 3.8) is 0 Å². The number of carbonyl (C=O) groups excluding carboxylic acids is 1. The van der Waals surface area contributed by atoms with Crippen molar-refractivity contribution in [2.24, 2.45) is 0 Å². The van der Waals surface area contributed by atoms with Crippen LogP contribution in [0.25, 0.3) is 5.65 Å². The summed E-state index contributed by atoms with van der Waals surface area (Å²) in [5.74, 6) is 1.82. The molecule has 3 heterocycles. The largest absolute Gasteiger partial charge is 0.377 e. The highest BCUT2D eigenvalue weighted by Gasteiger charge is 2.14. The van der Waals surface area contributed by atoms with Crippen LogP contribution < -0.4 is 5.32 Å². The number of carbonyl (C=O) groups is 1. The van der Waals surface area contributed by atoms with Crippen molar-refractivity contribution >= 4 is 29.1 Å². The number of fused-ring (bicyclic) bond motifs is 1. The molecule has 0 aliphatic carbocycles. The van der Waals surface area contributed by atoms with Gasteiger partial charge in [0.15, 0.2) is 5.65 Å². The number of anilines is 1. The lowest BCUT2D eigenvalue weighted by Gasteiger charge is -2.21. The Morgan fingerprint density at radius 2 is 2.43 bits per heavy atom. The van der Waals surface area contributed by atoms with Crippen LogP contribution in [0.3, 0.4) is 0 Å². The van der Waals surface area contributed by atoms with E-state index in [9.17, 15) is 4.79 Å². The molecule has 1 amide bonds. The summed E-state index contributed by atoms with van der Waals surface area (Å²) < 4.78 is 7.30. The topological polar surface area (TPSA) is 68.5 Å². The fraction of sp³-hybridized carbons (Fsp3) is 0.500. The zero-order chi connectivity index (χ0) is 14.5. The Morgan fingerprint density at radius 3 is 3.29 bits per heavy atom. The Hall–Kier alpha value is -1.60. The molecular weight excluding hydrogens is 288 g/mol. The van der Waals surface area contributed by atoms with E-state index in [1.807, 2.05) is 0 Å². The lowest BCUT2D eigenvalue weighted by molar-refractivity contribution is -0.113. The highest BCUT2D eigenvalue weighted by molar-refractivity contribution is 8.00. The molecule has 3 rings (SSSR count). The number of thioether (sulfide) groups is 1. The average Bonchev–Trinajstić information content (AvgIpc) is 2.96. The van der Waals surface area contributed by atoms with E-state index in [0.717, 1.165) is 30.8 Å². The van der Waals surface area contributed by atoms with Gasteiger partial charge in [0.1, 0.15) is 5.82 Å². The zero-order valence-electron chi connectivity index (χ0n) is 11.7. The van der Waals surface area contributed by atoms with Crippen molar-refractivity contribution in [3.8, 4) is 0 Å². The van der Waals surface area contributed by atoms with E-state index < -0.39 is 0 Å². The normalized spacial score (nSPS) is 18.8. The van der Waals surface area contributed by atoms with Crippen LogP contribution in [0.5, 0.6) is 0 Å². The van der Waals surface area contributed by atoms with E-state index >= 15 is 0 Å². The van der Waals surface area contributed by atoms with Crippen molar-refractivity contribution in [1.29, 1.82) is 0 Å². The molecule has 0 aromatic carbocycles. The van der Waals surface area contributed by atoms with Gasteiger partial charge in [-0.2, -0.15) is 5.10 Å². The predicted molar refractivity (Wildman–Crippen MR) is 82.5 cm³/mol. The minimum absolute atomic E-state index is 0.0350. The monoisotopic (exact) mass is 306 g/mol. The third-order valence-corrected chi connectivity index (χ3v) is 4.41. The number of nitrogens with one attached hydrogen (secondary N) is 1. The molecule has 0 saturated carbocycles. The van der Waals surface area contributed by atoms with Crippen molar-refractivity contribution < 1.29 is 9.53 Å². The second-order valence-electron chi connectivity index (χ2n) is 5.00. The summed E-state index contributed by atoms with van der Waals surface area (Å²) in [7, 11) is 0. The molecule has 0 radical (unpaired) electrons. The van der Waals surface area contributed by atoms with Crippen LogP contribution >= 0.6 is 11.8 Å². The second-order valence-corrected chi connectivity index (χ2v) is 6.03. The van der Waals surface area contributed by atoms with Gasteiger partial charge in [0.25, 0.3) is 0 Å². The van der Waals surface area contributed by atoms with E-state index in [2.05, 4.69) is 15.4 Å². The van der Waals surface area contributed by atoms with Crippen LogP contribution in [0, 0.1) is 0 Å². The lowest BCUT2D eigenvalue weighted by Crippen LogP contribution is -2.23. The minimum Gasteiger partial charge on any atom is -0.377 e. The molecule has 7 heteroatoms. The molecule has 1 aliphatic rings. The molecule has 1 N–H and O–H groups in total. The van der Waals surface area contributed by atoms with E-state index in [4.69, 9.17) is 4.74 Å². The summed E-state index contributed by atoms with van der Waals surface area (Å²) in [6, 6.07) is 3.54. The predicted octanol–water partition coefficient (Wildman–Crippen LogP) is 1.97. The van der Waals surface area contributed by atoms with Gasteiger partial charge in [-0.15, -0.1) is 11.8 Å². The summed E-state index contributed by atoms with van der Waals surface area (Å²) in [5.41, 5.74) is 0.719. The summed E-state index contributed by atoms with van der Waals surface area (Å²) >= 11 is 1.61. The van der Waals surface area contributed by atoms with Crippen LogP contribution in [0.15, 0.2) is 24.5 Å². The number of hydrogen-bond donors (Lipinski definition) is 1. The Kier molecular flexibility index (Phi) is 4.72. The summed E-state index contributed by atoms with van der Waals surface area (Å²) in [6.45, 7) is 0.854. The van der Waals surface area contributed by atoms with Crippen LogP contribution in [-0.4, -0.2) is 44.7 Å². The second kappa shape index (κ2) is 6.91. The molecular formula is C14H18N4O2S. The molecule has 2 aromatic rings. The number of rotatable bonds is 5. The first-order chi connectivity index (χ1) is 10.3. The maximum atomic E-state index is 11.9. The Morgan fingerprint density at radius 1 is 1.48 bits per heavy atom. The number of hydrogen-bond acceptors (Lipinski definition) is 5. The number of aromatic nitrogens is 3. The first-order valence-electron chi connectivity index (χ1n) is 7.11. The maximum absolute atomic E-state index is 11.9. The highest BCUT2D eigenvalue weighted by Crippen LogP contribution is 2.17. The van der Waals surface area contributed by atoms with Gasteiger partial charge in [-0.3, -0.25) is 4.79 Å². The van der Waals surface area contributed by atoms with Gasteiger partial charge >= 0.3 is 0 Å². The van der Waals surface area contributed by atoms with Gasteiger partial charge in [-0.05, 0) is 25.3 Å². The van der Waals surface area contributed by atoms with Gasteiger partial charge in [-0.1, -0.05) is 0 Å². The van der Waals surface area contributed by atoms with Crippen LogP contribution in [-0.2, 0) is 9.53 Å². The van der Waals surface area contributed by atoms with Gasteiger partial charge in [-0.25, -0.2) is 9.50 Å². The lowest BCUT2D eigenvalue weighted by atomic mass is 10.1. The molecule has 2 aromatic heterocycles. The SMILES string of the molecule is O=C(CSCC1CCCCO1)Nc1ccn2nccc2n1. The molecule has 1 saturated heterocycles. The van der Waals surface area contributed by atoms with E-state index in [-0.39, 0.29) is 5.91 Å². The molecule has 0 bridgehead atoms. The molecule has 1 unspecified atom stereocenters. The summed E-state index contributed by atoms with van der Waals surface area (Å²) in [6.07, 6.45) is 7.25. The fourth-order valence-electron chi connectivity index (χ4n) is 2.28. The highest BCUT2D eigenvalue weighted by atomic mass is 32.2. The minimum atomic E-state index is -0.0350. The smallest absolute Gasteiger partial charge is 0.235 e. The summed E-state index contributed by atoms with van der Waals surface area (Å²) in [4.78, 5) is 16.2. The first kappa shape index (κ1) is 14.3. The average molecular weight is 306 g/mol. The Labute approximate surface area is 127 Å². The van der Waals surface area contributed by atoms with Crippen molar-refractivity contribution in [2.75, 3.05) is 23.4 Å². The maximum Gasteiger partial charge on any atom is 0.235 e. The van der Waals surface area contributed by atoms with Crippen LogP contribution in [0.2, 0.25) is 0 Å². The van der Waals surface area contributed by atoms with E-state index in [0.29, 0.717) is 17.7 Å². The first-order valence-corrected chi connectivity index (χ1v) is 8.26. The van der Waals surface area contributed by atoms with E-state index in [1.54, 1.807) is 40.8 Å². The van der Waals surface area contributed by atoms with Crippen molar-refractivity contribution in [2.45, 2.75) is 25.4 Å². The third-order valence-electron chi connectivity index (χ3n) is 3.34. The Balaban J connectivity index is 1.44.